The monoisotopic (exact) mass is 618 g/mol. The van der Waals surface area contributed by atoms with Crippen LogP contribution in [0.25, 0.3) is 11.3 Å². The van der Waals surface area contributed by atoms with E-state index in [1.165, 1.54) is 29.2 Å². The van der Waals surface area contributed by atoms with Crippen LogP contribution in [0.15, 0.2) is 65.8 Å². The smallest absolute Gasteiger partial charge is 0.267 e. The quantitative estimate of drug-likeness (QED) is 0.298. The fourth-order valence-corrected chi connectivity index (χ4v) is 7.38. The first-order chi connectivity index (χ1) is 21.0. The topological polar surface area (TPSA) is 119 Å². The number of likely N-dealkylation sites (tertiary alicyclic amines) is 1. The van der Waals surface area contributed by atoms with E-state index in [4.69, 9.17) is 4.74 Å². The molecule has 230 valence electrons. The fraction of sp³-hybridized carbons (Fsp3) is 0.375. The maximum absolute atomic E-state index is 14.0. The summed E-state index contributed by atoms with van der Waals surface area (Å²) in [5, 5.41) is 3.96. The molecule has 1 aliphatic heterocycles. The van der Waals surface area contributed by atoms with Crippen LogP contribution in [0.4, 0.5) is 10.3 Å². The molecule has 3 heterocycles. The van der Waals surface area contributed by atoms with E-state index >= 15 is 0 Å². The molecule has 2 aliphatic rings. The van der Waals surface area contributed by atoms with Crippen LogP contribution in [0, 0.1) is 19.7 Å². The van der Waals surface area contributed by atoms with E-state index < -0.39 is 15.4 Å². The zero-order chi connectivity index (χ0) is 31.1. The minimum atomic E-state index is -4.01. The van der Waals surface area contributed by atoms with E-state index in [-0.39, 0.29) is 34.6 Å². The van der Waals surface area contributed by atoms with Crippen molar-refractivity contribution >= 4 is 21.9 Å². The molecule has 2 aromatic carbocycles. The molecule has 1 aliphatic carbocycles. The Labute approximate surface area is 256 Å². The molecule has 1 saturated carbocycles. The maximum Gasteiger partial charge on any atom is 0.267 e. The lowest BCUT2D eigenvalue weighted by atomic mass is 9.77. The van der Waals surface area contributed by atoms with Gasteiger partial charge in [0.15, 0.2) is 0 Å². The molecular formula is C32H35FN6O4S. The minimum Gasteiger partial charge on any atom is -0.472 e. The summed E-state index contributed by atoms with van der Waals surface area (Å²) < 4.78 is 50.1. The highest BCUT2D eigenvalue weighted by Gasteiger charge is 2.46. The molecule has 4 aromatic rings. The van der Waals surface area contributed by atoms with Crippen molar-refractivity contribution in [1.82, 2.24) is 24.6 Å². The third kappa shape index (κ3) is 5.78. The Kier molecular flexibility index (Phi) is 7.87. The lowest BCUT2D eigenvalue weighted by Crippen LogP contribution is -2.45. The number of aromatic nitrogens is 4. The van der Waals surface area contributed by atoms with Crippen LogP contribution in [0.2, 0.25) is 0 Å². The van der Waals surface area contributed by atoms with E-state index in [0.717, 1.165) is 47.9 Å². The number of anilines is 1. The lowest BCUT2D eigenvalue weighted by molar-refractivity contribution is -0.136. The van der Waals surface area contributed by atoms with Gasteiger partial charge in [0.2, 0.25) is 17.7 Å². The molecule has 1 amide bonds. The molecule has 6 rings (SSSR count). The van der Waals surface area contributed by atoms with Gasteiger partial charge in [-0.05, 0) is 55.5 Å². The van der Waals surface area contributed by atoms with Crippen molar-refractivity contribution in [3.05, 3.63) is 83.4 Å². The molecule has 1 N–H and O–H groups in total. The van der Waals surface area contributed by atoms with Crippen molar-refractivity contribution in [2.24, 2.45) is 7.05 Å². The molecule has 44 heavy (non-hydrogen) atoms. The van der Waals surface area contributed by atoms with Crippen LogP contribution in [-0.2, 0) is 27.3 Å². The highest BCUT2D eigenvalue weighted by atomic mass is 32.2. The molecule has 0 bridgehead atoms. The van der Waals surface area contributed by atoms with Crippen LogP contribution in [0.1, 0.15) is 48.8 Å². The summed E-state index contributed by atoms with van der Waals surface area (Å²) in [7, 11) is -2.38. The lowest BCUT2D eigenvalue weighted by Gasteiger charge is -2.33. The number of hydrogen-bond acceptors (Lipinski definition) is 7. The number of ether oxygens (including phenoxy) is 1. The van der Waals surface area contributed by atoms with Gasteiger partial charge in [-0.2, -0.15) is 10.1 Å². The van der Waals surface area contributed by atoms with E-state index in [0.29, 0.717) is 25.2 Å². The molecule has 1 saturated heterocycles. The largest absolute Gasteiger partial charge is 0.472 e. The molecule has 1 unspecified atom stereocenters. The summed E-state index contributed by atoms with van der Waals surface area (Å²) in [6, 6.07) is 13.9. The summed E-state index contributed by atoms with van der Waals surface area (Å²) >= 11 is 0. The molecule has 12 heteroatoms. The third-order valence-electron chi connectivity index (χ3n) is 8.64. The Hall–Kier alpha value is -4.32. The highest BCUT2D eigenvalue weighted by molar-refractivity contribution is 7.92. The molecule has 2 aromatic heterocycles. The third-order valence-corrected chi connectivity index (χ3v) is 9.92. The van der Waals surface area contributed by atoms with Gasteiger partial charge in [0.25, 0.3) is 10.0 Å². The predicted octanol–water partition coefficient (Wildman–Crippen LogP) is 4.93. The molecular weight excluding hydrogens is 583 g/mol. The first kappa shape index (κ1) is 29.7. The predicted molar refractivity (Wildman–Crippen MR) is 163 cm³/mol. The number of amides is 1. The van der Waals surface area contributed by atoms with Gasteiger partial charge in [0.05, 0.1) is 23.9 Å². The van der Waals surface area contributed by atoms with Gasteiger partial charge in [-0.15, -0.1) is 0 Å². The first-order valence-corrected chi connectivity index (χ1v) is 16.2. The van der Waals surface area contributed by atoms with E-state index in [1.54, 1.807) is 25.2 Å². The normalized spacial score (nSPS) is 18.0. The van der Waals surface area contributed by atoms with Crippen LogP contribution in [0.3, 0.4) is 0 Å². The summed E-state index contributed by atoms with van der Waals surface area (Å²) in [4.78, 5) is 24.8. The second kappa shape index (κ2) is 11.6. The van der Waals surface area contributed by atoms with E-state index in [9.17, 15) is 17.6 Å². The Morgan fingerprint density at radius 3 is 2.43 bits per heavy atom. The number of sulfonamides is 1. The number of carbonyl (C=O) groups excluding carboxylic acids is 1. The van der Waals surface area contributed by atoms with Gasteiger partial charge < -0.3 is 9.64 Å². The summed E-state index contributed by atoms with van der Waals surface area (Å²) in [5.41, 5.74) is 3.50. The number of hydrogen-bond donors (Lipinski definition) is 1. The number of halogens is 1. The van der Waals surface area contributed by atoms with Gasteiger partial charge in [-0.25, -0.2) is 22.5 Å². The van der Waals surface area contributed by atoms with Crippen LogP contribution in [-0.4, -0.2) is 58.2 Å². The van der Waals surface area contributed by atoms with Gasteiger partial charge >= 0.3 is 0 Å². The number of benzene rings is 2. The van der Waals surface area contributed by atoms with Crippen molar-refractivity contribution in [3.8, 4) is 17.1 Å². The Morgan fingerprint density at radius 1 is 1.07 bits per heavy atom. The average molecular weight is 619 g/mol. The first-order valence-electron chi connectivity index (χ1n) is 14.7. The second-order valence-corrected chi connectivity index (χ2v) is 13.4. The molecule has 2 fully saturated rings. The van der Waals surface area contributed by atoms with Gasteiger partial charge in [-0.1, -0.05) is 43.2 Å². The van der Waals surface area contributed by atoms with Crippen LogP contribution in [0.5, 0.6) is 5.88 Å². The van der Waals surface area contributed by atoms with Gasteiger partial charge in [-0.3, -0.25) is 9.48 Å². The summed E-state index contributed by atoms with van der Waals surface area (Å²) in [6.45, 7) is 4.80. The molecule has 10 nitrogen and oxygen atoms in total. The summed E-state index contributed by atoms with van der Waals surface area (Å²) in [5.74, 6) is -0.209. The van der Waals surface area contributed by atoms with Crippen LogP contribution < -0.4 is 9.46 Å². The number of carbonyl (C=O) groups is 1. The van der Waals surface area contributed by atoms with Crippen LogP contribution >= 0.6 is 0 Å². The summed E-state index contributed by atoms with van der Waals surface area (Å²) in [6.07, 6.45) is 6.22. The maximum atomic E-state index is 14.0. The number of nitrogens with zero attached hydrogens (tertiary/aromatic N) is 5. The van der Waals surface area contributed by atoms with E-state index in [2.05, 4.69) is 19.8 Å². The Morgan fingerprint density at radius 2 is 1.77 bits per heavy atom. The number of aryl methyl sites for hydroxylation is 3. The van der Waals surface area contributed by atoms with Gasteiger partial charge in [0.1, 0.15) is 16.8 Å². The van der Waals surface area contributed by atoms with Crippen molar-refractivity contribution in [2.75, 3.05) is 17.8 Å². The Balaban J connectivity index is 1.27. The zero-order valence-electron chi connectivity index (χ0n) is 25.0. The minimum absolute atomic E-state index is 0.0181. The van der Waals surface area contributed by atoms with E-state index in [1.807, 2.05) is 36.9 Å². The Bertz CT molecular complexity index is 1780. The van der Waals surface area contributed by atoms with Gasteiger partial charge in [0, 0.05) is 37.8 Å². The number of nitrogens with one attached hydrogen (secondary N) is 1. The molecule has 0 spiro atoms. The zero-order valence-corrected chi connectivity index (χ0v) is 25.8. The van der Waals surface area contributed by atoms with Crippen molar-refractivity contribution in [1.29, 1.82) is 0 Å². The fourth-order valence-electron chi connectivity index (χ4n) is 6.45. The standard InChI is InChI=1S/C32H35FN6O4S/c1-21-7-6-8-22(2)29(21)27-17-28(36-31(35-27)37-44(41,42)26-18-34-38(3)20-26)43-25-13-16-39(19-25)30(40)32(14-4-5-15-32)23-9-11-24(33)12-10-23/h6-12,17-18,20,25H,4-5,13-16,19H2,1-3H3,(H,35,36,37). The van der Waals surface area contributed by atoms with Crippen molar-refractivity contribution in [2.45, 2.75) is 62.4 Å². The number of rotatable bonds is 8. The SMILES string of the molecule is Cc1cccc(C)c1-c1cc(OC2CCN(C(=O)C3(c4ccc(F)cc4)CCCC3)C2)nc(NS(=O)(=O)c2cnn(C)c2)n1. The van der Waals surface area contributed by atoms with Crippen molar-refractivity contribution in [3.63, 3.8) is 0 Å². The molecule has 1 atom stereocenters. The highest BCUT2D eigenvalue weighted by Crippen LogP contribution is 2.43. The van der Waals surface area contributed by atoms with Crippen molar-refractivity contribution < 1.29 is 22.3 Å². The average Bonchev–Trinajstić information content (AvgIpc) is 3.75. The molecule has 0 radical (unpaired) electrons. The second-order valence-electron chi connectivity index (χ2n) is 11.7.